The number of halogens is 2. The van der Waals surface area contributed by atoms with E-state index in [0.29, 0.717) is 15.6 Å². The molecule has 0 saturated carbocycles. The fourth-order valence-corrected chi connectivity index (χ4v) is 1.19. The van der Waals surface area contributed by atoms with Gasteiger partial charge in [0, 0.05) is 6.08 Å². The maximum atomic E-state index is 10.4. The average molecular weight is 216 g/mol. The summed E-state index contributed by atoms with van der Waals surface area (Å²) in [6, 6.07) is 5.16. The van der Waals surface area contributed by atoms with Crippen LogP contribution >= 0.6 is 23.2 Å². The van der Waals surface area contributed by atoms with Crippen LogP contribution in [0.2, 0.25) is 10.0 Å². The molecule has 1 aromatic rings. The Morgan fingerprint density at radius 3 is 2.69 bits per heavy atom. The normalized spacial score (nSPS) is 10.6. The zero-order valence-electron chi connectivity index (χ0n) is 6.63. The Labute approximate surface area is 85.9 Å². The largest absolute Gasteiger partial charge is 0.366 e. The second-order valence-electron chi connectivity index (χ2n) is 2.38. The van der Waals surface area contributed by atoms with E-state index in [0.717, 1.165) is 0 Å². The summed E-state index contributed by atoms with van der Waals surface area (Å²) in [7, 11) is 0. The summed E-state index contributed by atoms with van der Waals surface area (Å²) in [4.78, 5) is 10.4. The molecule has 0 unspecified atom stereocenters. The third-order valence-electron chi connectivity index (χ3n) is 1.41. The van der Waals surface area contributed by atoms with Crippen molar-refractivity contribution in [3.63, 3.8) is 0 Å². The van der Waals surface area contributed by atoms with E-state index in [1.54, 1.807) is 18.2 Å². The predicted octanol–water partition coefficient (Wildman–Crippen LogP) is 2.49. The van der Waals surface area contributed by atoms with E-state index >= 15 is 0 Å². The van der Waals surface area contributed by atoms with Crippen LogP contribution in [-0.2, 0) is 4.79 Å². The minimum Gasteiger partial charge on any atom is -0.366 e. The first-order valence-corrected chi connectivity index (χ1v) is 4.28. The van der Waals surface area contributed by atoms with E-state index in [-0.39, 0.29) is 0 Å². The van der Waals surface area contributed by atoms with Crippen LogP contribution in [0, 0.1) is 0 Å². The lowest BCUT2D eigenvalue weighted by Crippen LogP contribution is -2.05. The van der Waals surface area contributed by atoms with E-state index in [2.05, 4.69) is 0 Å². The van der Waals surface area contributed by atoms with E-state index in [4.69, 9.17) is 28.9 Å². The molecule has 0 aliphatic heterocycles. The minimum absolute atomic E-state index is 0.418. The Bertz CT molecular complexity index is 361. The van der Waals surface area contributed by atoms with Crippen molar-refractivity contribution < 1.29 is 4.79 Å². The molecule has 0 aromatic heterocycles. The van der Waals surface area contributed by atoms with E-state index in [9.17, 15) is 4.79 Å². The molecule has 0 aliphatic rings. The smallest absolute Gasteiger partial charge is 0.241 e. The van der Waals surface area contributed by atoms with Gasteiger partial charge in [-0.25, -0.2) is 0 Å². The molecule has 13 heavy (non-hydrogen) atoms. The van der Waals surface area contributed by atoms with E-state index < -0.39 is 5.91 Å². The molecule has 68 valence electrons. The Morgan fingerprint density at radius 2 is 2.08 bits per heavy atom. The van der Waals surface area contributed by atoms with Gasteiger partial charge in [0.15, 0.2) is 0 Å². The lowest BCUT2D eigenvalue weighted by Gasteiger charge is -1.98. The van der Waals surface area contributed by atoms with Gasteiger partial charge in [-0.05, 0) is 17.7 Å². The van der Waals surface area contributed by atoms with Crippen LogP contribution in [-0.4, -0.2) is 5.91 Å². The highest BCUT2D eigenvalue weighted by atomic mass is 35.5. The highest BCUT2D eigenvalue weighted by molar-refractivity contribution is 6.42. The van der Waals surface area contributed by atoms with Crippen molar-refractivity contribution >= 4 is 35.2 Å². The summed E-state index contributed by atoms with van der Waals surface area (Å²) in [6.07, 6.45) is 2.76. The first-order chi connectivity index (χ1) is 6.11. The summed E-state index contributed by atoms with van der Waals surface area (Å²) in [5.41, 5.74) is 5.60. The van der Waals surface area contributed by atoms with Crippen molar-refractivity contribution in [1.82, 2.24) is 0 Å². The third-order valence-corrected chi connectivity index (χ3v) is 2.24. The van der Waals surface area contributed by atoms with Gasteiger partial charge in [0.1, 0.15) is 0 Å². The maximum absolute atomic E-state index is 10.4. The molecule has 2 N–H and O–H groups in total. The molecule has 0 bridgehead atoms. The molecule has 0 saturated heterocycles. The molecule has 0 heterocycles. The first-order valence-electron chi connectivity index (χ1n) is 3.53. The van der Waals surface area contributed by atoms with Crippen LogP contribution < -0.4 is 5.73 Å². The number of nitrogens with two attached hydrogens (primary N) is 1. The lowest BCUT2D eigenvalue weighted by molar-refractivity contribution is -0.113. The lowest BCUT2D eigenvalue weighted by atomic mass is 10.2. The predicted molar refractivity (Wildman–Crippen MR) is 54.7 cm³/mol. The molecule has 1 amide bonds. The van der Waals surface area contributed by atoms with Crippen LogP contribution in [0.3, 0.4) is 0 Å². The summed E-state index contributed by atoms with van der Waals surface area (Å²) < 4.78 is 0. The maximum Gasteiger partial charge on any atom is 0.241 e. The van der Waals surface area contributed by atoms with Crippen LogP contribution in [0.1, 0.15) is 5.56 Å². The second kappa shape index (κ2) is 4.30. The summed E-state index contributed by atoms with van der Waals surface area (Å²) in [5.74, 6) is -0.518. The number of carbonyl (C=O) groups excluding carboxylic acids is 1. The third kappa shape index (κ3) is 2.76. The molecular weight excluding hydrogens is 209 g/mol. The van der Waals surface area contributed by atoms with Gasteiger partial charge in [0.25, 0.3) is 0 Å². The van der Waals surface area contributed by atoms with Gasteiger partial charge in [-0.2, -0.15) is 0 Å². The summed E-state index contributed by atoms with van der Waals surface area (Å²) in [5, 5.41) is 0.870. The van der Waals surface area contributed by atoms with E-state index in [1.165, 1.54) is 12.2 Å². The number of hydrogen-bond donors (Lipinski definition) is 1. The molecule has 1 rings (SSSR count). The first kappa shape index (κ1) is 10.1. The molecular formula is C9H7Cl2NO. The molecule has 4 heteroatoms. The van der Waals surface area contributed by atoms with Gasteiger partial charge in [0.2, 0.25) is 5.91 Å². The molecule has 2 nitrogen and oxygen atoms in total. The Balaban J connectivity index is 3.02. The fraction of sp³-hybridized carbons (Fsp3) is 0. The number of amides is 1. The molecule has 0 aliphatic carbocycles. The Kier molecular flexibility index (Phi) is 3.34. The van der Waals surface area contributed by atoms with Crippen LogP contribution in [0.15, 0.2) is 24.3 Å². The standard InChI is InChI=1S/C9H7Cl2NO/c10-7-3-1-2-6(9(7)11)4-5-8(12)13/h1-5H,(H2,12,13)/b5-4+. The van der Waals surface area contributed by atoms with Crippen molar-refractivity contribution in [3.8, 4) is 0 Å². The van der Waals surface area contributed by atoms with Gasteiger partial charge in [-0.15, -0.1) is 0 Å². The number of hydrogen-bond acceptors (Lipinski definition) is 1. The van der Waals surface area contributed by atoms with Gasteiger partial charge < -0.3 is 5.73 Å². The average Bonchev–Trinajstić information content (AvgIpc) is 2.07. The van der Waals surface area contributed by atoms with Gasteiger partial charge in [-0.1, -0.05) is 35.3 Å². The van der Waals surface area contributed by atoms with Crippen molar-refractivity contribution in [2.24, 2.45) is 5.73 Å². The molecule has 0 fully saturated rings. The van der Waals surface area contributed by atoms with Gasteiger partial charge in [-0.3, -0.25) is 4.79 Å². The van der Waals surface area contributed by atoms with Crippen LogP contribution in [0.5, 0.6) is 0 Å². The number of carbonyl (C=O) groups is 1. The Morgan fingerprint density at radius 1 is 1.38 bits per heavy atom. The highest BCUT2D eigenvalue weighted by Crippen LogP contribution is 2.26. The topological polar surface area (TPSA) is 43.1 Å². The monoisotopic (exact) mass is 215 g/mol. The van der Waals surface area contributed by atoms with Crippen molar-refractivity contribution in [2.75, 3.05) is 0 Å². The van der Waals surface area contributed by atoms with E-state index in [1.807, 2.05) is 0 Å². The zero-order chi connectivity index (χ0) is 9.84. The van der Waals surface area contributed by atoms with Crippen molar-refractivity contribution in [1.29, 1.82) is 0 Å². The molecule has 0 radical (unpaired) electrons. The second-order valence-corrected chi connectivity index (χ2v) is 3.16. The number of rotatable bonds is 2. The molecule has 0 spiro atoms. The molecule has 0 atom stereocenters. The van der Waals surface area contributed by atoms with Crippen molar-refractivity contribution in [3.05, 3.63) is 39.9 Å². The van der Waals surface area contributed by atoms with Crippen LogP contribution in [0.4, 0.5) is 0 Å². The van der Waals surface area contributed by atoms with Gasteiger partial charge >= 0.3 is 0 Å². The number of primary amides is 1. The summed E-state index contributed by atoms with van der Waals surface area (Å²) in [6.45, 7) is 0. The number of benzene rings is 1. The van der Waals surface area contributed by atoms with Crippen molar-refractivity contribution in [2.45, 2.75) is 0 Å². The zero-order valence-corrected chi connectivity index (χ0v) is 8.14. The Hall–Kier alpha value is -0.990. The van der Waals surface area contributed by atoms with Gasteiger partial charge in [0.05, 0.1) is 10.0 Å². The minimum atomic E-state index is -0.518. The highest BCUT2D eigenvalue weighted by Gasteiger charge is 2.00. The molecule has 1 aromatic carbocycles. The quantitative estimate of drug-likeness (QED) is 0.758. The van der Waals surface area contributed by atoms with Crippen LogP contribution in [0.25, 0.3) is 6.08 Å². The SMILES string of the molecule is NC(=O)/C=C/c1cccc(Cl)c1Cl. The summed E-state index contributed by atoms with van der Waals surface area (Å²) >= 11 is 11.6. The fourth-order valence-electron chi connectivity index (χ4n) is 0.821.